The van der Waals surface area contributed by atoms with Crippen molar-refractivity contribution in [1.82, 2.24) is 25.1 Å². The standard InChI is InChI=1S/C23H24N8O/c1-15-8-7-11-19(12-15)31(3)23-25-16(2)24-22(28-23)27-20-13-18(29-30-20)14-21(32)26-17-9-5-4-6-10-17/h4-13H,14H2,1-3H3,(H,26,32)(H2,24,25,27,28,29,30). The molecule has 3 N–H and O–H groups in total. The summed E-state index contributed by atoms with van der Waals surface area (Å²) >= 11 is 0. The van der Waals surface area contributed by atoms with Gasteiger partial charge in [-0.1, -0.05) is 30.3 Å². The molecule has 162 valence electrons. The van der Waals surface area contributed by atoms with Crippen LogP contribution in [0.25, 0.3) is 0 Å². The van der Waals surface area contributed by atoms with Crippen molar-refractivity contribution in [2.75, 3.05) is 22.6 Å². The van der Waals surface area contributed by atoms with Crippen LogP contribution < -0.4 is 15.5 Å². The topological polar surface area (TPSA) is 112 Å². The zero-order valence-electron chi connectivity index (χ0n) is 18.1. The number of hydrogen-bond acceptors (Lipinski definition) is 7. The number of hydrogen-bond donors (Lipinski definition) is 3. The lowest BCUT2D eigenvalue weighted by atomic mass is 10.2. The molecule has 2 aromatic carbocycles. The number of aryl methyl sites for hydroxylation is 2. The molecule has 1 amide bonds. The summed E-state index contributed by atoms with van der Waals surface area (Å²) in [4.78, 5) is 27.5. The molecule has 4 rings (SSSR count). The number of carbonyl (C=O) groups excluding carboxylic acids is 1. The first-order chi connectivity index (χ1) is 15.5. The van der Waals surface area contributed by atoms with Gasteiger partial charge < -0.3 is 15.5 Å². The van der Waals surface area contributed by atoms with Crippen LogP contribution in [0.15, 0.2) is 60.7 Å². The highest BCUT2D eigenvalue weighted by Crippen LogP contribution is 2.22. The van der Waals surface area contributed by atoms with Crippen molar-refractivity contribution in [3.63, 3.8) is 0 Å². The van der Waals surface area contributed by atoms with Crippen molar-refractivity contribution in [1.29, 1.82) is 0 Å². The first kappa shape index (κ1) is 21.0. The average molecular weight is 429 g/mol. The number of nitrogens with one attached hydrogen (secondary N) is 3. The first-order valence-corrected chi connectivity index (χ1v) is 10.2. The fourth-order valence-corrected chi connectivity index (χ4v) is 3.16. The van der Waals surface area contributed by atoms with Gasteiger partial charge in [0.05, 0.1) is 6.42 Å². The van der Waals surface area contributed by atoms with E-state index in [1.54, 1.807) is 6.07 Å². The highest BCUT2D eigenvalue weighted by atomic mass is 16.1. The molecule has 9 nitrogen and oxygen atoms in total. The van der Waals surface area contributed by atoms with Crippen molar-refractivity contribution in [3.05, 3.63) is 77.7 Å². The van der Waals surface area contributed by atoms with Crippen molar-refractivity contribution >= 4 is 35.0 Å². The summed E-state index contributed by atoms with van der Waals surface area (Å²) in [6.45, 7) is 3.85. The number of nitrogens with zero attached hydrogens (tertiary/aromatic N) is 5. The molecule has 0 saturated heterocycles. The zero-order chi connectivity index (χ0) is 22.5. The Labute approximate surface area is 186 Å². The highest BCUT2D eigenvalue weighted by Gasteiger charge is 2.13. The molecule has 0 fully saturated rings. The van der Waals surface area contributed by atoms with E-state index in [0.29, 0.717) is 29.2 Å². The van der Waals surface area contributed by atoms with Crippen LogP contribution >= 0.6 is 0 Å². The second-order valence-corrected chi connectivity index (χ2v) is 7.40. The van der Waals surface area contributed by atoms with E-state index in [1.165, 1.54) is 0 Å². The molecule has 2 aromatic heterocycles. The molecule has 4 aromatic rings. The minimum Gasteiger partial charge on any atom is -0.326 e. The van der Waals surface area contributed by atoms with Crippen LogP contribution in [0.1, 0.15) is 17.1 Å². The normalized spacial score (nSPS) is 10.6. The van der Waals surface area contributed by atoms with Crippen LogP contribution in [0.3, 0.4) is 0 Å². The van der Waals surface area contributed by atoms with E-state index >= 15 is 0 Å². The Morgan fingerprint density at radius 3 is 2.59 bits per heavy atom. The fourth-order valence-electron chi connectivity index (χ4n) is 3.16. The number of aromatic amines is 1. The minimum atomic E-state index is -0.135. The Bertz CT molecular complexity index is 1220. The summed E-state index contributed by atoms with van der Waals surface area (Å²) in [7, 11) is 1.91. The van der Waals surface area contributed by atoms with Crippen LogP contribution in [-0.4, -0.2) is 38.1 Å². The summed E-state index contributed by atoms with van der Waals surface area (Å²) < 4.78 is 0. The van der Waals surface area contributed by atoms with E-state index < -0.39 is 0 Å². The van der Waals surface area contributed by atoms with Gasteiger partial charge in [-0.25, -0.2) is 0 Å². The number of rotatable bonds is 7. The maximum absolute atomic E-state index is 12.3. The van der Waals surface area contributed by atoms with Gasteiger partial charge in [-0.2, -0.15) is 20.1 Å². The summed E-state index contributed by atoms with van der Waals surface area (Å²) in [6.07, 6.45) is 0.168. The number of carbonyl (C=O) groups is 1. The molecule has 0 saturated carbocycles. The summed E-state index contributed by atoms with van der Waals surface area (Å²) in [5, 5.41) is 13.0. The maximum atomic E-state index is 12.3. The van der Waals surface area contributed by atoms with Gasteiger partial charge in [0, 0.05) is 30.2 Å². The number of anilines is 5. The molecule has 0 spiro atoms. The third-order valence-corrected chi connectivity index (χ3v) is 4.70. The Morgan fingerprint density at radius 1 is 1.00 bits per heavy atom. The number of aromatic nitrogens is 5. The van der Waals surface area contributed by atoms with Gasteiger partial charge >= 0.3 is 0 Å². The van der Waals surface area contributed by atoms with Gasteiger partial charge in [0.25, 0.3) is 0 Å². The Morgan fingerprint density at radius 2 is 1.81 bits per heavy atom. The molecule has 32 heavy (non-hydrogen) atoms. The lowest BCUT2D eigenvalue weighted by Gasteiger charge is -2.18. The molecule has 2 heterocycles. The van der Waals surface area contributed by atoms with E-state index in [-0.39, 0.29) is 12.3 Å². The average Bonchev–Trinajstić information content (AvgIpc) is 3.19. The Hall–Kier alpha value is -4.27. The summed E-state index contributed by atoms with van der Waals surface area (Å²) in [5.41, 5.74) is 3.55. The largest absolute Gasteiger partial charge is 0.326 e. The van der Waals surface area contributed by atoms with Crippen LogP contribution in [-0.2, 0) is 11.2 Å². The van der Waals surface area contributed by atoms with Gasteiger partial charge in [0.1, 0.15) is 5.82 Å². The van der Waals surface area contributed by atoms with Gasteiger partial charge in [0.15, 0.2) is 5.82 Å². The molecule has 0 atom stereocenters. The third kappa shape index (κ3) is 5.25. The second-order valence-electron chi connectivity index (χ2n) is 7.40. The molecule has 0 aliphatic rings. The number of H-pyrrole nitrogens is 1. The Balaban J connectivity index is 1.44. The van der Waals surface area contributed by atoms with Crippen LogP contribution in [0.4, 0.5) is 29.1 Å². The van der Waals surface area contributed by atoms with Crippen LogP contribution in [0.2, 0.25) is 0 Å². The molecule has 0 bridgehead atoms. The van der Waals surface area contributed by atoms with Crippen molar-refractivity contribution in [2.45, 2.75) is 20.3 Å². The molecule has 0 aliphatic carbocycles. The van der Waals surface area contributed by atoms with Gasteiger partial charge in [0.2, 0.25) is 17.8 Å². The van der Waals surface area contributed by atoms with E-state index in [9.17, 15) is 4.79 Å². The predicted molar refractivity (Wildman–Crippen MR) is 124 cm³/mol. The predicted octanol–water partition coefficient (Wildman–Crippen LogP) is 3.90. The van der Waals surface area contributed by atoms with Gasteiger partial charge in [-0.3, -0.25) is 9.89 Å². The van der Waals surface area contributed by atoms with Crippen molar-refractivity contribution < 1.29 is 4.79 Å². The molecular weight excluding hydrogens is 404 g/mol. The number of para-hydroxylation sites is 1. The van der Waals surface area contributed by atoms with Gasteiger partial charge in [-0.15, -0.1) is 0 Å². The molecular formula is C23H24N8O. The van der Waals surface area contributed by atoms with Crippen molar-refractivity contribution in [2.24, 2.45) is 0 Å². The first-order valence-electron chi connectivity index (χ1n) is 10.2. The SMILES string of the molecule is Cc1cccc(N(C)c2nc(C)nc(Nc3cc(CC(=O)Nc4ccccc4)[nH]n3)n2)c1. The van der Waals surface area contributed by atoms with E-state index in [0.717, 1.165) is 16.9 Å². The second kappa shape index (κ2) is 9.25. The van der Waals surface area contributed by atoms with Crippen LogP contribution in [0.5, 0.6) is 0 Å². The maximum Gasteiger partial charge on any atom is 0.234 e. The van der Waals surface area contributed by atoms with Crippen LogP contribution in [0, 0.1) is 13.8 Å². The monoisotopic (exact) mass is 428 g/mol. The number of benzene rings is 2. The Kier molecular flexibility index (Phi) is 6.07. The molecule has 0 radical (unpaired) electrons. The molecule has 0 aliphatic heterocycles. The number of amides is 1. The zero-order valence-corrected chi connectivity index (χ0v) is 18.1. The molecule has 9 heteroatoms. The van der Waals surface area contributed by atoms with E-state index in [1.807, 2.05) is 74.3 Å². The van der Waals surface area contributed by atoms with Gasteiger partial charge in [-0.05, 0) is 43.7 Å². The lowest BCUT2D eigenvalue weighted by Crippen LogP contribution is -2.15. The fraction of sp³-hybridized carbons (Fsp3) is 0.174. The smallest absolute Gasteiger partial charge is 0.234 e. The minimum absolute atomic E-state index is 0.135. The lowest BCUT2D eigenvalue weighted by molar-refractivity contribution is -0.115. The summed E-state index contributed by atoms with van der Waals surface area (Å²) in [6, 6.07) is 19.2. The third-order valence-electron chi connectivity index (χ3n) is 4.70. The van der Waals surface area contributed by atoms with Crippen molar-refractivity contribution in [3.8, 4) is 0 Å². The van der Waals surface area contributed by atoms with E-state index in [4.69, 9.17) is 0 Å². The summed E-state index contributed by atoms with van der Waals surface area (Å²) in [5.74, 6) is 1.85. The highest BCUT2D eigenvalue weighted by molar-refractivity contribution is 5.92. The molecule has 0 unspecified atom stereocenters. The van der Waals surface area contributed by atoms with E-state index in [2.05, 4.69) is 41.8 Å². The quantitative estimate of drug-likeness (QED) is 0.409.